The van der Waals surface area contributed by atoms with Crippen molar-refractivity contribution in [3.8, 4) is 5.75 Å². The Bertz CT molecular complexity index is 1280. The number of amides is 1. The maximum atomic E-state index is 13.4. The first-order chi connectivity index (χ1) is 16.8. The van der Waals surface area contributed by atoms with Gasteiger partial charge in [0.25, 0.3) is 0 Å². The molecule has 0 spiro atoms. The van der Waals surface area contributed by atoms with Crippen LogP contribution in [0.5, 0.6) is 5.75 Å². The SMILES string of the molecule is Cc1ccc(COc2ccc(C3CC(=O)N(c4cccnc4)C4=C3C(=O)CC(C)(C)C4)cc2)cc1. The van der Waals surface area contributed by atoms with Gasteiger partial charge in [-0.15, -0.1) is 0 Å². The quantitative estimate of drug-likeness (QED) is 0.454. The number of aryl methyl sites for hydroxylation is 1. The van der Waals surface area contributed by atoms with Crippen molar-refractivity contribution >= 4 is 17.4 Å². The topological polar surface area (TPSA) is 59.5 Å². The summed E-state index contributed by atoms with van der Waals surface area (Å²) in [5.41, 5.74) is 5.39. The third-order valence-corrected chi connectivity index (χ3v) is 6.86. The Hall–Kier alpha value is -3.73. The number of anilines is 1. The number of ketones is 1. The highest BCUT2D eigenvalue weighted by Gasteiger charge is 2.44. The molecule has 35 heavy (non-hydrogen) atoms. The molecule has 178 valence electrons. The number of aromatic nitrogens is 1. The number of benzene rings is 2. The van der Waals surface area contributed by atoms with Crippen LogP contribution in [-0.2, 0) is 16.2 Å². The van der Waals surface area contributed by atoms with Crippen LogP contribution in [0.2, 0.25) is 0 Å². The summed E-state index contributed by atoms with van der Waals surface area (Å²) in [6.07, 6.45) is 4.78. The van der Waals surface area contributed by atoms with E-state index >= 15 is 0 Å². The van der Waals surface area contributed by atoms with Crippen molar-refractivity contribution < 1.29 is 14.3 Å². The molecule has 0 bridgehead atoms. The van der Waals surface area contributed by atoms with Crippen LogP contribution in [0.15, 0.2) is 84.3 Å². The molecule has 2 heterocycles. The molecular weight excluding hydrogens is 436 g/mol. The van der Waals surface area contributed by atoms with Crippen molar-refractivity contribution in [2.75, 3.05) is 4.90 Å². The number of ether oxygens (including phenoxy) is 1. The number of carbonyl (C=O) groups excluding carboxylic acids is 2. The molecule has 0 radical (unpaired) electrons. The zero-order valence-corrected chi connectivity index (χ0v) is 20.5. The fourth-order valence-electron chi connectivity index (χ4n) is 5.13. The summed E-state index contributed by atoms with van der Waals surface area (Å²) >= 11 is 0. The molecule has 1 unspecified atom stereocenters. The van der Waals surface area contributed by atoms with Gasteiger partial charge < -0.3 is 4.74 Å². The van der Waals surface area contributed by atoms with Gasteiger partial charge in [-0.3, -0.25) is 19.5 Å². The molecule has 5 nitrogen and oxygen atoms in total. The highest BCUT2D eigenvalue weighted by atomic mass is 16.5. The lowest BCUT2D eigenvalue weighted by atomic mass is 9.69. The molecular formula is C30H30N2O3. The minimum atomic E-state index is -0.250. The molecule has 1 amide bonds. The van der Waals surface area contributed by atoms with Gasteiger partial charge in [-0.05, 0) is 54.2 Å². The number of allylic oxidation sites excluding steroid dienone is 2. The molecule has 5 rings (SSSR count). The molecule has 1 aliphatic heterocycles. The van der Waals surface area contributed by atoms with Gasteiger partial charge in [-0.2, -0.15) is 0 Å². The van der Waals surface area contributed by atoms with E-state index in [9.17, 15) is 9.59 Å². The van der Waals surface area contributed by atoms with Crippen LogP contribution in [-0.4, -0.2) is 16.7 Å². The summed E-state index contributed by atoms with van der Waals surface area (Å²) in [6.45, 7) is 6.73. The Morgan fingerprint density at radius 2 is 1.74 bits per heavy atom. The van der Waals surface area contributed by atoms with E-state index in [4.69, 9.17) is 4.74 Å². The second-order valence-corrected chi connectivity index (χ2v) is 10.3. The van der Waals surface area contributed by atoms with Gasteiger partial charge in [0.05, 0.1) is 11.9 Å². The van der Waals surface area contributed by atoms with Crippen molar-refractivity contribution in [2.24, 2.45) is 5.41 Å². The Balaban J connectivity index is 1.45. The number of nitrogens with zero attached hydrogens (tertiary/aromatic N) is 2. The van der Waals surface area contributed by atoms with E-state index < -0.39 is 0 Å². The van der Waals surface area contributed by atoms with E-state index in [2.05, 4.69) is 50.0 Å². The van der Waals surface area contributed by atoms with Crippen LogP contribution in [0.1, 0.15) is 55.7 Å². The Morgan fingerprint density at radius 1 is 1.00 bits per heavy atom. The van der Waals surface area contributed by atoms with E-state index in [0.717, 1.165) is 28.1 Å². The van der Waals surface area contributed by atoms with Crippen LogP contribution in [0.3, 0.4) is 0 Å². The number of rotatable bonds is 5. The number of hydrogen-bond acceptors (Lipinski definition) is 4. The fourth-order valence-corrected chi connectivity index (χ4v) is 5.13. The van der Waals surface area contributed by atoms with Crippen LogP contribution in [0, 0.1) is 12.3 Å². The smallest absolute Gasteiger partial charge is 0.232 e. The number of Topliss-reactive ketones (excluding diaryl/α,β-unsaturated/α-hetero) is 1. The van der Waals surface area contributed by atoms with Crippen molar-refractivity contribution in [3.05, 3.63) is 101 Å². The molecule has 1 aromatic heterocycles. The maximum absolute atomic E-state index is 13.4. The van der Waals surface area contributed by atoms with E-state index in [1.807, 2.05) is 36.4 Å². The van der Waals surface area contributed by atoms with E-state index in [-0.39, 0.29) is 29.4 Å². The molecule has 0 N–H and O–H groups in total. The predicted molar refractivity (Wildman–Crippen MR) is 136 cm³/mol. The lowest BCUT2D eigenvalue weighted by Crippen LogP contribution is -2.43. The normalized spacial score (nSPS) is 19.5. The summed E-state index contributed by atoms with van der Waals surface area (Å²) < 4.78 is 5.96. The summed E-state index contributed by atoms with van der Waals surface area (Å²) in [5, 5.41) is 0. The molecule has 0 saturated carbocycles. The first kappa shape index (κ1) is 23.0. The highest BCUT2D eigenvalue weighted by molar-refractivity contribution is 6.07. The van der Waals surface area contributed by atoms with Crippen LogP contribution >= 0.6 is 0 Å². The zero-order chi connectivity index (χ0) is 24.6. The summed E-state index contributed by atoms with van der Waals surface area (Å²) in [5.74, 6) is 0.633. The molecule has 1 aliphatic carbocycles. The highest BCUT2D eigenvalue weighted by Crippen LogP contribution is 2.48. The lowest BCUT2D eigenvalue weighted by molar-refractivity contribution is -0.121. The van der Waals surface area contributed by atoms with E-state index in [1.165, 1.54) is 5.56 Å². The van der Waals surface area contributed by atoms with Crippen LogP contribution in [0.4, 0.5) is 5.69 Å². The molecule has 3 aromatic rings. The molecule has 2 aliphatic rings. The van der Waals surface area contributed by atoms with Gasteiger partial charge in [-0.25, -0.2) is 0 Å². The zero-order valence-electron chi connectivity index (χ0n) is 20.5. The first-order valence-electron chi connectivity index (χ1n) is 12.1. The molecule has 2 aromatic carbocycles. The van der Waals surface area contributed by atoms with Gasteiger partial charge in [0.15, 0.2) is 5.78 Å². The van der Waals surface area contributed by atoms with Crippen molar-refractivity contribution in [1.82, 2.24) is 4.98 Å². The standard InChI is InChI=1S/C30H30N2O3/c1-20-6-8-21(9-7-20)19-35-24-12-10-22(11-13-24)25-15-28(34)32(23-5-4-14-31-18-23)26-16-30(2,3)17-27(33)29(25)26/h4-14,18,25H,15-17,19H2,1-3H3. The molecule has 0 saturated heterocycles. The van der Waals surface area contributed by atoms with Gasteiger partial charge >= 0.3 is 0 Å². The van der Waals surface area contributed by atoms with Crippen molar-refractivity contribution in [3.63, 3.8) is 0 Å². The third-order valence-electron chi connectivity index (χ3n) is 6.86. The van der Waals surface area contributed by atoms with Crippen molar-refractivity contribution in [2.45, 2.75) is 52.6 Å². The predicted octanol–water partition coefficient (Wildman–Crippen LogP) is 6.13. The van der Waals surface area contributed by atoms with Crippen LogP contribution in [0.25, 0.3) is 0 Å². The van der Waals surface area contributed by atoms with Crippen molar-refractivity contribution in [1.29, 1.82) is 0 Å². The monoisotopic (exact) mass is 466 g/mol. The van der Waals surface area contributed by atoms with Gasteiger partial charge in [-0.1, -0.05) is 55.8 Å². The third kappa shape index (κ3) is 4.76. The first-order valence-corrected chi connectivity index (χ1v) is 12.1. The molecule has 0 fully saturated rings. The second kappa shape index (κ2) is 9.14. The number of pyridine rings is 1. The molecule has 1 atom stereocenters. The fraction of sp³-hybridized carbons (Fsp3) is 0.300. The van der Waals surface area contributed by atoms with E-state index in [0.29, 0.717) is 25.1 Å². The Morgan fingerprint density at radius 3 is 2.43 bits per heavy atom. The van der Waals surface area contributed by atoms with Gasteiger partial charge in [0.2, 0.25) is 5.91 Å². The number of hydrogen-bond donors (Lipinski definition) is 0. The van der Waals surface area contributed by atoms with Gasteiger partial charge in [0.1, 0.15) is 12.4 Å². The second-order valence-electron chi connectivity index (χ2n) is 10.3. The summed E-state index contributed by atoms with van der Waals surface area (Å²) in [7, 11) is 0. The average molecular weight is 467 g/mol. The Labute approximate surface area is 206 Å². The lowest BCUT2D eigenvalue weighted by Gasteiger charge is -2.42. The minimum absolute atomic E-state index is 0.00746. The summed E-state index contributed by atoms with van der Waals surface area (Å²) in [6, 6.07) is 19.8. The minimum Gasteiger partial charge on any atom is -0.489 e. The molecule has 5 heteroatoms. The van der Waals surface area contributed by atoms with Crippen LogP contribution < -0.4 is 9.64 Å². The maximum Gasteiger partial charge on any atom is 0.232 e. The summed E-state index contributed by atoms with van der Waals surface area (Å²) in [4.78, 5) is 32.8. The largest absolute Gasteiger partial charge is 0.489 e. The Kier molecular flexibility index (Phi) is 6.01. The average Bonchev–Trinajstić information content (AvgIpc) is 2.83. The van der Waals surface area contributed by atoms with Gasteiger partial charge in [0, 0.05) is 36.2 Å². The van der Waals surface area contributed by atoms with E-state index in [1.54, 1.807) is 17.3 Å². The number of carbonyl (C=O) groups is 2.